The van der Waals surface area contributed by atoms with Crippen LogP contribution >= 0.6 is 23.4 Å². The molecule has 1 amide bonds. The molecule has 3 aromatic carbocycles. The highest BCUT2D eigenvalue weighted by Crippen LogP contribution is 2.43. The van der Waals surface area contributed by atoms with Crippen LogP contribution in [0.3, 0.4) is 0 Å². The molecule has 0 spiro atoms. The van der Waals surface area contributed by atoms with Crippen LogP contribution in [0.1, 0.15) is 76.5 Å². The van der Waals surface area contributed by atoms with Gasteiger partial charge in [-0.05, 0) is 105 Å². The number of benzene rings is 3. The predicted octanol–water partition coefficient (Wildman–Crippen LogP) is 8.71. The van der Waals surface area contributed by atoms with Gasteiger partial charge >= 0.3 is 11.4 Å². The first-order valence-corrected chi connectivity index (χ1v) is 27.5. The monoisotopic (exact) mass is 1030 g/mol. The van der Waals surface area contributed by atoms with E-state index < -0.39 is 58.6 Å². The molecule has 20 heteroatoms. The van der Waals surface area contributed by atoms with Crippen LogP contribution in [-0.2, 0) is 19.9 Å². The van der Waals surface area contributed by atoms with Gasteiger partial charge < -0.3 is 15.1 Å². The van der Waals surface area contributed by atoms with Crippen LogP contribution in [0, 0.1) is 5.41 Å². The van der Waals surface area contributed by atoms with Gasteiger partial charge in [0.1, 0.15) is 4.90 Å². The molecule has 3 heterocycles. The third-order valence-electron chi connectivity index (χ3n) is 13.1. The van der Waals surface area contributed by atoms with E-state index in [9.17, 15) is 34.8 Å². The van der Waals surface area contributed by atoms with Crippen molar-refractivity contribution < 1.29 is 34.8 Å². The van der Waals surface area contributed by atoms with E-state index in [1.807, 2.05) is 47.2 Å². The normalized spacial score (nSPS) is 18.5. The van der Waals surface area contributed by atoms with Gasteiger partial charge in [0, 0.05) is 92.7 Å². The van der Waals surface area contributed by atoms with Crippen LogP contribution < -0.4 is 14.9 Å². The van der Waals surface area contributed by atoms with Crippen LogP contribution in [0.4, 0.5) is 24.5 Å². The van der Waals surface area contributed by atoms with E-state index in [-0.39, 0.29) is 11.0 Å². The maximum atomic E-state index is 14.3. The van der Waals surface area contributed by atoms with Crippen molar-refractivity contribution in [1.82, 2.24) is 29.4 Å². The standard InChI is InChI=1S/C49H62ClF3N8O5S3/c1-47(2,3)61-27-23-58(24-28-61)20-18-38(34-67-40-9-7-6-8-10-40)56-43-16-15-41(29-44(43)68(63,64)49(51,52)53)69(65,66)57-46(62)45-54-31-39(32-55-45)60-25-21-59(22-26-60)33-36-30-48(4,5)19-17-42(36)35-11-13-37(50)14-12-35/h6-16,29,31-32,38,56H,17-28,30,33-34H2,1-5H3,(H,57,62). The Balaban J connectivity index is 1.02. The summed E-state index contributed by atoms with van der Waals surface area (Å²) in [6.45, 7) is 18.6. The molecule has 0 bridgehead atoms. The van der Waals surface area contributed by atoms with Crippen molar-refractivity contribution >= 4 is 66.1 Å². The average molecular weight is 1030 g/mol. The Hall–Kier alpha value is -4.24. The average Bonchev–Trinajstić information content (AvgIpc) is 3.30. The minimum absolute atomic E-state index is 0.0127. The molecule has 13 nitrogen and oxygen atoms in total. The largest absolute Gasteiger partial charge is 0.501 e. The third kappa shape index (κ3) is 13.6. The number of rotatable bonds is 16. The van der Waals surface area contributed by atoms with Crippen molar-refractivity contribution in [3.05, 3.63) is 107 Å². The number of piperazine rings is 2. The highest BCUT2D eigenvalue weighted by molar-refractivity contribution is 7.99. The summed E-state index contributed by atoms with van der Waals surface area (Å²) in [5.41, 5.74) is -1.32. The van der Waals surface area contributed by atoms with Crippen molar-refractivity contribution in [1.29, 1.82) is 0 Å². The topological polar surface area (TPSA) is 148 Å². The minimum atomic E-state index is -6.09. The first kappa shape index (κ1) is 52.6. The molecule has 1 atom stereocenters. The van der Waals surface area contributed by atoms with Crippen molar-refractivity contribution in [3.63, 3.8) is 0 Å². The summed E-state index contributed by atoms with van der Waals surface area (Å²) in [5.74, 6) is -1.37. The molecule has 4 aromatic rings. The van der Waals surface area contributed by atoms with Gasteiger partial charge in [-0.1, -0.05) is 61.4 Å². The Morgan fingerprint density at radius 2 is 1.49 bits per heavy atom. The zero-order valence-corrected chi connectivity index (χ0v) is 42.9. The third-order valence-corrected chi connectivity index (χ3v) is 17.4. The van der Waals surface area contributed by atoms with Gasteiger partial charge in [-0.15, -0.1) is 11.8 Å². The smallest absolute Gasteiger partial charge is 0.380 e. The molecule has 7 rings (SSSR count). The van der Waals surface area contributed by atoms with Crippen molar-refractivity contribution in [2.45, 2.75) is 92.1 Å². The number of allylic oxidation sites excluding steroid dienone is 1. The number of sulfone groups is 1. The molecular formula is C49H62ClF3N8O5S3. The Bertz CT molecular complexity index is 2670. The number of amides is 1. The molecule has 2 fully saturated rings. The Morgan fingerprint density at radius 3 is 2.12 bits per heavy atom. The number of hydrogen-bond acceptors (Lipinski definition) is 13. The van der Waals surface area contributed by atoms with E-state index in [0.29, 0.717) is 48.6 Å². The fourth-order valence-electron chi connectivity index (χ4n) is 9.07. The Morgan fingerprint density at radius 1 is 0.855 bits per heavy atom. The molecule has 3 aliphatic rings. The molecule has 2 N–H and O–H groups in total. The van der Waals surface area contributed by atoms with E-state index >= 15 is 0 Å². The number of hydrogen-bond donors (Lipinski definition) is 2. The summed E-state index contributed by atoms with van der Waals surface area (Å²) in [4.78, 5) is 29.5. The minimum Gasteiger partial charge on any atom is -0.380 e. The van der Waals surface area contributed by atoms with E-state index in [4.69, 9.17) is 11.6 Å². The molecule has 0 radical (unpaired) electrons. The van der Waals surface area contributed by atoms with Crippen molar-refractivity contribution in [3.8, 4) is 0 Å². The van der Waals surface area contributed by atoms with Crippen LogP contribution in [0.5, 0.6) is 0 Å². The van der Waals surface area contributed by atoms with Crippen LogP contribution in [-0.4, -0.2) is 136 Å². The second kappa shape index (κ2) is 21.6. The number of aromatic nitrogens is 2. The molecule has 2 saturated heterocycles. The number of halogens is 4. The van der Waals surface area contributed by atoms with E-state index in [1.54, 1.807) is 0 Å². The quantitative estimate of drug-likeness (QED) is 0.103. The fraction of sp³-hybridized carbons (Fsp3) is 0.490. The summed E-state index contributed by atoms with van der Waals surface area (Å²) < 4.78 is 98.2. The maximum absolute atomic E-state index is 14.3. The zero-order chi connectivity index (χ0) is 49.8. The summed E-state index contributed by atoms with van der Waals surface area (Å²) in [7, 11) is -11.0. The number of sulfonamides is 1. The number of alkyl halides is 3. The lowest BCUT2D eigenvalue weighted by atomic mass is 9.73. The van der Waals surface area contributed by atoms with Crippen LogP contribution in [0.2, 0.25) is 5.02 Å². The number of nitrogens with one attached hydrogen (secondary N) is 2. The lowest BCUT2D eigenvalue weighted by Gasteiger charge is -2.42. The summed E-state index contributed by atoms with van der Waals surface area (Å²) in [6, 6.07) is 19.3. The molecular weight excluding hydrogens is 969 g/mol. The zero-order valence-electron chi connectivity index (χ0n) is 39.7. The van der Waals surface area contributed by atoms with Crippen LogP contribution in [0.25, 0.3) is 5.57 Å². The molecule has 69 heavy (non-hydrogen) atoms. The number of thioether (sulfide) groups is 1. The number of nitrogens with zero attached hydrogens (tertiary/aromatic N) is 6. The second-order valence-electron chi connectivity index (χ2n) is 19.8. The molecule has 0 saturated carbocycles. The van der Waals surface area contributed by atoms with Crippen LogP contribution in [0.15, 0.2) is 105 Å². The summed E-state index contributed by atoms with van der Waals surface area (Å²) >= 11 is 7.65. The fourth-order valence-corrected chi connectivity index (χ4v) is 12.2. The molecule has 1 unspecified atom stereocenters. The van der Waals surface area contributed by atoms with Gasteiger partial charge in [-0.25, -0.2) is 31.5 Å². The van der Waals surface area contributed by atoms with E-state index in [1.165, 1.54) is 40.9 Å². The first-order chi connectivity index (χ1) is 32.5. The Labute approximate surface area is 414 Å². The predicted molar refractivity (Wildman–Crippen MR) is 268 cm³/mol. The van der Waals surface area contributed by atoms with Crippen molar-refractivity contribution in [2.24, 2.45) is 5.41 Å². The van der Waals surface area contributed by atoms with Gasteiger partial charge in [0.2, 0.25) is 5.82 Å². The maximum Gasteiger partial charge on any atom is 0.501 e. The van der Waals surface area contributed by atoms with Crippen molar-refractivity contribution in [2.75, 3.05) is 81.4 Å². The summed E-state index contributed by atoms with van der Waals surface area (Å²) in [5, 5.41) is 3.73. The molecule has 2 aliphatic heterocycles. The highest BCUT2D eigenvalue weighted by atomic mass is 35.5. The van der Waals surface area contributed by atoms with Gasteiger partial charge in [0.15, 0.2) is 0 Å². The van der Waals surface area contributed by atoms with Gasteiger partial charge in [-0.2, -0.15) is 13.2 Å². The number of carbonyl (C=O) groups excluding carboxylic acids is 1. The lowest BCUT2D eigenvalue weighted by molar-refractivity contribution is -0.0435. The van der Waals surface area contributed by atoms with Gasteiger partial charge in [0.25, 0.3) is 19.9 Å². The SMILES string of the molecule is CC1(C)CCC(c2ccc(Cl)cc2)=C(CN2CCN(c3cnc(C(=O)NS(=O)(=O)c4ccc(NC(CCN5CCN(C(C)(C)C)CC5)CSc5ccccc5)c(S(=O)(=O)C(F)(F)F)c4)nc3)CC2)C1. The first-order valence-electron chi connectivity index (χ1n) is 23.2. The van der Waals surface area contributed by atoms with Gasteiger partial charge in [0.05, 0.1) is 28.7 Å². The van der Waals surface area contributed by atoms with E-state index in [0.717, 1.165) is 82.1 Å². The van der Waals surface area contributed by atoms with E-state index in [2.05, 4.69) is 81.6 Å². The number of carbonyl (C=O) groups is 1. The van der Waals surface area contributed by atoms with Gasteiger partial charge in [-0.3, -0.25) is 14.6 Å². The number of anilines is 2. The Kier molecular flexibility index (Phi) is 16.5. The lowest BCUT2D eigenvalue weighted by Crippen LogP contribution is -2.53. The highest BCUT2D eigenvalue weighted by Gasteiger charge is 2.48. The second-order valence-corrected chi connectivity index (χ2v) is 24.9. The molecule has 374 valence electrons. The molecule has 1 aromatic heterocycles. The summed E-state index contributed by atoms with van der Waals surface area (Å²) in [6.07, 6.45) is 6.40. The molecule has 1 aliphatic carbocycles.